The maximum Gasteiger partial charge on any atom is 0.0975 e. The Morgan fingerprint density at radius 2 is 1.17 bits per heavy atom. The van der Waals surface area contributed by atoms with Crippen molar-refractivity contribution in [2.75, 3.05) is 0 Å². The molecule has 2 aromatic rings. The van der Waals surface area contributed by atoms with E-state index in [1.54, 1.807) is 0 Å². The lowest BCUT2D eigenvalue weighted by molar-refractivity contribution is 0.587. The Hall–Kier alpha value is -1.34. The van der Waals surface area contributed by atoms with Gasteiger partial charge in [-0.3, -0.25) is 0 Å². The lowest BCUT2D eigenvalue weighted by Crippen LogP contribution is -2.35. The number of hydrogen-bond acceptors (Lipinski definition) is 2. The van der Waals surface area contributed by atoms with Gasteiger partial charge in [-0.1, -0.05) is 55.8 Å². The molecule has 0 saturated carbocycles. The molecule has 0 amide bonds. The molecule has 2 N–H and O–H groups in total. The van der Waals surface area contributed by atoms with Crippen LogP contribution in [0.4, 0.5) is 0 Å². The van der Waals surface area contributed by atoms with Gasteiger partial charge in [0.05, 0.1) is 31.5 Å². The number of benzene rings is 2. The minimum absolute atomic E-state index is 0.157. The van der Waals surface area contributed by atoms with Gasteiger partial charge in [0.25, 0.3) is 0 Å². The van der Waals surface area contributed by atoms with Crippen LogP contribution in [0.2, 0.25) is 0 Å². The van der Waals surface area contributed by atoms with Crippen LogP contribution in [0, 0.1) is 27.7 Å². The van der Waals surface area contributed by atoms with Crippen molar-refractivity contribution in [1.82, 2.24) is 9.44 Å². The van der Waals surface area contributed by atoms with E-state index in [1.807, 2.05) is 41.5 Å². The molecule has 4 atom stereocenters. The average Bonchev–Trinajstić information content (AvgIpc) is 2.77. The van der Waals surface area contributed by atoms with Crippen molar-refractivity contribution in [2.45, 2.75) is 118 Å². The molecule has 4 unspecified atom stereocenters. The molecular weight excluding hydrogens is 484 g/mol. The summed E-state index contributed by atoms with van der Waals surface area (Å²) in [5.41, 5.74) is 7.62. The van der Waals surface area contributed by atoms with E-state index in [1.165, 1.54) is 33.4 Å². The molecule has 6 heteroatoms. The standard InChI is InChI=1S/2C15H25NOS/c1-7-14(16-18(17)15(4,5)6)13-9-8-11(2)10-12(13)3;1-7-14(16-18(17)15(4,5)6)13-10-8-9-11(2)12(13)3/h2*8-10,14,16H,7H2,1-6H3. The summed E-state index contributed by atoms with van der Waals surface area (Å²) in [6.45, 7) is 24.7. The van der Waals surface area contributed by atoms with Gasteiger partial charge in [0, 0.05) is 12.1 Å². The normalized spacial score (nSPS) is 15.4. The van der Waals surface area contributed by atoms with E-state index in [0.29, 0.717) is 0 Å². The first-order chi connectivity index (χ1) is 16.5. The van der Waals surface area contributed by atoms with E-state index in [0.717, 1.165) is 12.8 Å². The van der Waals surface area contributed by atoms with Crippen LogP contribution in [0.5, 0.6) is 0 Å². The van der Waals surface area contributed by atoms with Crippen LogP contribution in [0.25, 0.3) is 0 Å². The summed E-state index contributed by atoms with van der Waals surface area (Å²) in [6, 6.07) is 13.1. The van der Waals surface area contributed by atoms with Gasteiger partial charge in [-0.2, -0.15) is 0 Å². The summed E-state index contributed by atoms with van der Waals surface area (Å²) >= 11 is 0. The molecule has 0 fully saturated rings. The smallest absolute Gasteiger partial charge is 0.0975 e. The van der Waals surface area contributed by atoms with Crippen molar-refractivity contribution < 1.29 is 8.42 Å². The number of hydrogen-bond donors (Lipinski definition) is 2. The lowest BCUT2D eigenvalue weighted by atomic mass is 9.97. The van der Waals surface area contributed by atoms with Crippen molar-refractivity contribution in [2.24, 2.45) is 0 Å². The van der Waals surface area contributed by atoms with Crippen LogP contribution in [0.1, 0.15) is 114 Å². The quantitative estimate of drug-likeness (QED) is 0.366. The molecule has 0 aliphatic carbocycles. The molecule has 0 aromatic heterocycles. The van der Waals surface area contributed by atoms with E-state index < -0.39 is 22.0 Å². The van der Waals surface area contributed by atoms with Crippen LogP contribution in [0.15, 0.2) is 36.4 Å². The van der Waals surface area contributed by atoms with Crippen LogP contribution in [-0.2, 0) is 22.0 Å². The van der Waals surface area contributed by atoms with Crippen molar-refractivity contribution in [3.05, 3.63) is 69.8 Å². The van der Waals surface area contributed by atoms with Crippen molar-refractivity contribution >= 4 is 22.0 Å². The summed E-state index contributed by atoms with van der Waals surface area (Å²) in [5.74, 6) is 0. The maximum absolute atomic E-state index is 12.2. The van der Waals surface area contributed by atoms with E-state index in [4.69, 9.17) is 0 Å². The summed E-state index contributed by atoms with van der Waals surface area (Å²) in [5, 5.41) is 0. The summed E-state index contributed by atoms with van der Waals surface area (Å²) in [4.78, 5) is 0. The third-order valence-corrected chi connectivity index (χ3v) is 9.47. The van der Waals surface area contributed by atoms with E-state index in [-0.39, 0.29) is 21.6 Å². The fourth-order valence-corrected chi connectivity index (χ4v) is 5.52. The van der Waals surface area contributed by atoms with Gasteiger partial charge in [-0.15, -0.1) is 0 Å². The molecule has 0 saturated heterocycles. The average molecular weight is 535 g/mol. The van der Waals surface area contributed by atoms with Crippen molar-refractivity contribution in [1.29, 1.82) is 0 Å². The predicted molar refractivity (Wildman–Crippen MR) is 160 cm³/mol. The molecule has 0 heterocycles. The molecule has 36 heavy (non-hydrogen) atoms. The number of nitrogens with one attached hydrogen (secondary N) is 2. The molecular formula is C30H50N2O2S2. The van der Waals surface area contributed by atoms with Gasteiger partial charge in [0.2, 0.25) is 0 Å². The van der Waals surface area contributed by atoms with Crippen LogP contribution < -0.4 is 9.44 Å². The molecule has 204 valence electrons. The van der Waals surface area contributed by atoms with Gasteiger partial charge in [-0.25, -0.2) is 17.9 Å². The van der Waals surface area contributed by atoms with Crippen molar-refractivity contribution in [3.63, 3.8) is 0 Å². The van der Waals surface area contributed by atoms with Gasteiger partial charge in [-0.05, 0) is 110 Å². The van der Waals surface area contributed by atoms with E-state index >= 15 is 0 Å². The Kier molecular flexibility index (Phi) is 12.7. The number of aryl methyl sites for hydroxylation is 3. The molecule has 2 rings (SSSR count). The lowest BCUT2D eigenvalue weighted by Gasteiger charge is -2.25. The fraction of sp³-hybridized carbons (Fsp3) is 0.600. The maximum atomic E-state index is 12.2. The fourth-order valence-electron chi connectivity index (χ4n) is 3.71. The zero-order valence-electron chi connectivity index (χ0n) is 24.7. The van der Waals surface area contributed by atoms with Gasteiger partial charge >= 0.3 is 0 Å². The van der Waals surface area contributed by atoms with Crippen LogP contribution in [0.3, 0.4) is 0 Å². The summed E-state index contributed by atoms with van der Waals surface area (Å²) in [7, 11) is -2.06. The molecule has 0 aliphatic heterocycles. The SMILES string of the molecule is CCC(NS(=O)C(C)(C)C)c1ccc(C)cc1C.CCC(NS(=O)C(C)(C)C)c1cccc(C)c1C. The highest BCUT2D eigenvalue weighted by Crippen LogP contribution is 2.25. The minimum Gasteiger partial charge on any atom is -0.242 e. The van der Waals surface area contributed by atoms with E-state index in [2.05, 4.69) is 87.4 Å². The largest absolute Gasteiger partial charge is 0.242 e. The second kappa shape index (κ2) is 14.0. The Morgan fingerprint density at radius 1 is 0.694 bits per heavy atom. The highest BCUT2D eigenvalue weighted by atomic mass is 32.2. The minimum atomic E-state index is -1.03. The van der Waals surface area contributed by atoms with Gasteiger partial charge < -0.3 is 0 Å². The van der Waals surface area contributed by atoms with Gasteiger partial charge in [0.15, 0.2) is 0 Å². The zero-order valence-corrected chi connectivity index (χ0v) is 26.3. The molecule has 4 nitrogen and oxygen atoms in total. The van der Waals surface area contributed by atoms with Gasteiger partial charge in [0.1, 0.15) is 0 Å². The molecule has 0 radical (unpaired) electrons. The molecule has 0 aliphatic rings. The summed E-state index contributed by atoms with van der Waals surface area (Å²) in [6.07, 6.45) is 1.87. The first kappa shape index (κ1) is 32.7. The van der Waals surface area contributed by atoms with E-state index in [9.17, 15) is 8.42 Å². The predicted octanol–water partition coefficient (Wildman–Crippen LogP) is 7.61. The summed E-state index contributed by atoms with van der Waals surface area (Å²) < 4.78 is 30.4. The first-order valence-electron chi connectivity index (χ1n) is 13.0. The highest BCUT2D eigenvalue weighted by molar-refractivity contribution is 7.84. The third kappa shape index (κ3) is 9.85. The Balaban J connectivity index is 0.000000360. The topological polar surface area (TPSA) is 58.2 Å². The monoisotopic (exact) mass is 534 g/mol. The highest BCUT2D eigenvalue weighted by Gasteiger charge is 2.24. The molecule has 2 aromatic carbocycles. The zero-order chi connectivity index (χ0) is 27.8. The Labute approximate surface area is 226 Å². The second-order valence-corrected chi connectivity index (χ2v) is 15.6. The molecule has 0 bridgehead atoms. The Morgan fingerprint density at radius 3 is 1.58 bits per heavy atom. The van der Waals surface area contributed by atoms with Crippen molar-refractivity contribution in [3.8, 4) is 0 Å². The first-order valence-corrected chi connectivity index (χ1v) is 15.3. The third-order valence-electron chi connectivity index (χ3n) is 6.25. The molecule has 0 spiro atoms. The van der Waals surface area contributed by atoms with Crippen LogP contribution >= 0.6 is 0 Å². The van der Waals surface area contributed by atoms with Crippen LogP contribution in [-0.4, -0.2) is 17.9 Å². The second-order valence-electron chi connectivity index (χ2n) is 11.6. The number of rotatable bonds is 8. The Bertz CT molecular complexity index is 1040.